The summed E-state index contributed by atoms with van der Waals surface area (Å²) < 4.78 is 5.30. The predicted molar refractivity (Wildman–Crippen MR) is 73.3 cm³/mol. The van der Waals surface area contributed by atoms with Gasteiger partial charge in [0.15, 0.2) is 0 Å². The predicted octanol–water partition coefficient (Wildman–Crippen LogP) is 2.29. The van der Waals surface area contributed by atoms with E-state index in [1.165, 1.54) is 0 Å². The number of nitrogens with one attached hydrogen (secondary N) is 1. The molecule has 0 saturated carbocycles. The fourth-order valence-electron chi connectivity index (χ4n) is 1.63. The molecule has 0 fully saturated rings. The highest BCUT2D eigenvalue weighted by Crippen LogP contribution is 2.13. The van der Waals surface area contributed by atoms with Crippen LogP contribution in [0.15, 0.2) is 24.3 Å². The number of unbranched alkanes of at least 4 members (excludes halogenated alkanes) is 2. The van der Waals surface area contributed by atoms with Crippen molar-refractivity contribution in [3.8, 4) is 0 Å². The van der Waals surface area contributed by atoms with E-state index in [-0.39, 0.29) is 12.5 Å². The van der Waals surface area contributed by atoms with Gasteiger partial charge >= 0.3 is 0 Å². The zero-order valence-electron chi connectivity index (χ0n) is 10.9. The minimum absolute atomic E-state index is 0.0998. The Morgan fingerprint density at radius 2 is 2.11 bits per heavy atom. The Morgan fingerprint density at radius 3 is 2.83 bits per heavy atom. The Morgan fingerprint density at radius 1 is 1.33 bits per heavy atom. The summed E-state index contributed by atoms with van der Waals surface area (Å²) in [5, 5.41) is 2.81. The molecule has 0 saturated heterocycles. The van der Waals surface area contributed by atoms with E-state index in [1.807, 2.05) is 24.3 Å². The van der Waals surface area contributed by atoms with Gasteiger partial charge in [0.05, 0.1) is 0 Å². The maximum Gasteiger partial charge on any atom is 0.250 e. The smallest absolute Gasteiger partial charge is 0.250 e. The van der Waals surface area contributed by atoms with E-state index in [1.54, 1.807) is 0 Å². The lowest BCUT2D eigenvalue weighted by atomic mass is 10.2. The van der Waals surface area contributed by atoms with Gasteiger partial charge in [-0.3, -0.25) is 4.79 Å². The first-order valence-electron chi connectivity index (χ1n) is 6.43. The Balaban J connectivity index is 2.31. The molecular formula is C14H22N2O2. The van der Waals surface area contributed by atoms with Crippen LogP contribution in [0.2, 0.25) is 0 Å². The van der Waals surface area contributed by atoms with Crippen molar-refractivity contribution in [1.29, 1.82) is 0 Å². The summed E-state index contributed by atoms with van der Waals surface area (Å²) in [7, 11) is 0. The average molecular weight is 250 g/mol. The molecule has 0 unspecified atom stereocenters. The van der Waals surface area contributed by atoms with Gasteiger partial charge in [0.25, 0.3) is 0 Å². The number of hydrogen-bond acceptors (Lipinski definition) is 3. The zero-order chi connectivity index (χ0) is 13.2. The van der Waals surface area contributed by atoms with E-state index in [0.29, 0.717) is 13.2 Å². The van der Waals surface area contributed by atoms with Gasteiger partial charge in [-0.15, -0.1) is 0 Å². The van der Waals surface area contributed by atoms with Gasteiger partial charge in [-0.25, -0.2) is 0 Å². The molecule has 0 aliphatic heterocycles. The molecule has 0 radical (unpaired) electrons. The van der Waals surface area contributed by atoms with Crippen LogP contribution >= 0.6 is 0 Å². The summed E-state index contributed by atoms with van der Waals surface area (Å²) in [6.45, 7) is 3.28. The summed E-state index contributed by atoms with van der Waals surface area (Å²) in [6, 6.07) is 7.52. The van der Waals surface area contributed by atoms with Gasteiger partial charge in [-0.1, -0.05) is 38.0 Å². The molecule has 0 bridgehead atoms. The van der Waals surface area contributed by atoms with Crippen LogP contribution in [0.5, 0.6) is 0 Å². The van der Waals surface area contributed by atoms with Crippen LogP contribution in [-0.2, 0) is 16.1 Å². The average Bonchev–Trinajstić information content (AvgIpc) is 2.39. The van der Waals surface area contributed by atoms with Gasteiger partial charge < -0.3 is 15.8 Å². The van der Waals surface area contributed by atoms with Crippen LogP contribution in [0.25, 0.3) is 0 Å². The quantitative estimate of drug-likeness (QED) is 0.696. The molecule has 1 rings (SSSR count). The third kappa shape index (κ3) is 5.29. The third-order valence-electron chi connectivity index (χ3n) is 2.64. The standard InChI is InChI=1S/C14H22N2O2/c1-2-3-6-9-18-11-14(17)16-13-8-5-4-7-12(13)10-15/h4-5,7-8H,2-3,6,9-11,15H2,1H3,(H,16,17). The summed E-state index contributed by atoms with van der Waals surface area (Å²) >= 11 is 0. The molecule has 1 aromatic rings. The Bertz CT molecular complexity index is 367. The van der Waals surface area contributed by atoms with Crippen LogP contribution in [-0.4, -0.2) is 19.1 Å². The van der Waals surface area contributed by atoms with Gasteiger partial charge in [-0.2, -0.15) is 0 Å². The molecule has 0 aliphatic rings. The molecule has 0 aromatic heterocycles. The number of para-hydroxylation sites is 1. The number of carbonyl (C=O) groups is 1. The van der Waals surface area contributed by atoms with Crippen molar-refractivity contribution in [2.75, 3.05) is 18.5 Å². The lowest BCUT2D eigenvalue weighted by molar-refractivity contribution is -0.120. The second-order valence-electron chi connectivity index (χ2n) is 4.17. The van der Waals surface area contributed by atoms with Crippen molar-refractivity contribution in [3.05, 3.63) is 29.8 Å². The van der Waals surface area contributed by atoms with Crippen molar-refractivity contribution < 1.29 is 9.53 Å². The summed E-state index contributed by atoms with van der Waals surface area (Å²) in [6.07, 6.45) is 3.29. The number of carbonyl (C=O) groups excluding carboxylic acids is 1. The SMILES string of the molecule is CCCCCOCC(=O)Nc1ccccc1CN. The van der Waals surface area contributed by atoms with Crippen molar-refractivity contribution in [1.82, 2.24) is 0 Å². The molecule has 0 spiro atoms. The molecule has 4 heteroatoms. The molecule has 1 aromatic carbocycles. The molecule has 1 amide bonds. The van der Waals surface area contributed by atoms with Crippen LogP contribution < -0.4 is 11.1 Å². The fourth-order valence-corrected chi connectivity index (χ4v) is 1.63. The van der Waals surface area contributed by atoms with Crippen LogP contribution in [0.4, 0.5) is 5.69 Å². The van der Waals surface area contributed by atoms with Crippen molar-refractivity contribution in [2.24, 2.45) is 5.73 Å². The first kappa shape index (κ1) is 14.7. The number of ether oxygens (including phenoxy) is 1. The number of anilines is 1. The van der Waals surface area contributed by atoms with Gasteiger partial charge in [0, 0.05) is 18.8 Å². The number of nitrogens with two attached hydrogens (primary N) is 1. The molecular weight excluding hydrogens is 228 g/mol. The summed E-state index contributed by atoms with van der Waals surface area (Å²) in [4.78, 5) is 11.6. The normalized spacial score (nSPS) is 10.3. The highest BCUT2D eigenvalue weighted by atomic mass is 16.5. The lowest BCUT2D eigenvalue weighted by Gasteiger charge is -2.09. The maximum atomic E-state index is 11.6. The molecule has 4 nitrogen and oxygen atoms in total. The minimum atomic E-state index is -0.132. The second kappa shape index (κ2) is 8.66. The number of amides is 1. The first-order chi connectivity index (χ1) is 8.77. The molecule has 0 aliphatic carbocycles. The number of benzene rings is 1. The van der Waals surface area contributed by atoms with E-state index in [0.717, 1.165) is 30.5 Å². The monoisotopic (exact) mass is 250 g/mol. The number of rotatable bonds is 8. The van der Waals surface area contributed by atoms with Gasteiger partial charge in [-0.05, 0) is 18.1 Å². The highest BCUT2D eigenvalue weighted by Gasteiger charge is 2.05. The molecule has 0 atom stereocenters. The van der Waals surface area contributed by atoms with E-state index in [9.17, 15) is 4.79 Å². The Kier molecular flexibility index (Phi) is 7.06. The van der Waals surface area contributed by atoms with Crippen LogP contribution in [0.1, 0.15) is 31.7 Å². The van der Waals surface area contributed by atoms with E-state index in [4.69, 9.17) is 10.5 Å². The summed E-state index contributed by atoms with van der Waals surface area (Å²) in [5.74, 6) is -0.132. The largest absolute Gasteiger partial charge is 0.372 e. The van der Waals surface area contributed by atoms with Gasteiger partial charge in [0.2, 0.25) is 5.91 Å². The van der Waals surface area contributed by atoms with E-state index in [2.05, 4.69) is 12.2 Å². The van der Waals surface area contributed by atoms with Gasteiger partial charge in [0.1, 0.15) is 6.61 Å². The lowest BCUT2D eigenvalue weighted by Crippen LogP contribution is -2.20. The van der Waals surface area contributed by atoms with Crippen molar-refractivity contribution >= 4 is 11.6 Å². The second-order valence-corrected chi connectivity index (χ2v) is 4.17. The van der Waals surface area contributed by atoms with Crippen LogP contribution in [0, 0.1) is 0 Å². The maximum absolute atomic E-state index is 11.6. The third-order valence-corrected chi connectivity index (χ3v) is 2.64. The molecule has 18 heavy (non-hydrogen) atoms. The van der Waals surface area contributed by atoms with E-state index < -0.39 is 0 Å². The van der Waals surface area contributed by atoms with Crippen LogP contribution in [0.3, 0.4) is 0 Å². The molecule has 0 heterocycles. The summed E-state index contributed by atoms with van der Waals surface area (Å²) in [5.41, 5.74) is 7.29. The minimum Gasteiger partial charge on any atom is -0.372 e. The molecule has 3 N–H and O–H groups in total. The highest BCUT2D eigenvalue weighted by molar-refractivity contribution is 5.92. The number of hydrogen-bond donors (Lipinski definition) is 2. The van der Waals surface area contributed by atoms with E-state index >= 15 is 0 Å². The van der Waals surface area contributed by atoms with Crippen molar-refractivity contribution in [2.45, 2.75) is 32.7 Å². The topological polar surface area (TPSA) is 64.3 Å². The first-order valence-corrected chi connectivity index (χ1v) is 6.43. The van der Waals surface area contributed by atoms with Crippen molar-refractivity contribution in [3.63, 3.8) is 0 Å². The Labute approximate surface area is 109 Å². The zero-order valence-corrected chi connectivity index (χ0v) is 10.9. The Hall–Kier alpha value is -1.39. The fraction of sp³-hybridized carbons (Fsp3) is 0.500. The molecule has 100 valence electrons.